The lowest BCUT2D eigenvalue weighted by molar-refractivity contribution is 0.103. The normalized spacial score (nSPS) is 12.5. The van der Waals surface area contributed by atoms with Gasteiger partial charge in [-0.05, 0) is 38.3 Å². The van der Waals surface area contributed by atoms with Crippen molar-refractivity contribution in [1.82, 2.24) is 4.57 Å². The molecular formula is C21H23NOS. The van der Waals surface area contributed by atoms with Crippen LogP contribution >= 0.6 is 11.8 Å². The largest absolute Gasteiger partial charge is 0.341 e. The van der Waals surface area contributed by atoms with E-state index in [1.54, 1.807) is 0 Å². The fourth-order valence-electron chi connectivity index (χ4n) is 3.40. The Morgan fingerprint density at radius 1 is 1.08 bits per heavy atom. The van der Waals surface area contributed by atoms with Gasteiger partial charge in [0.15, 0.2) is 5.78 Å². The molecule has 124 valence electrons. The van der Waals surface area contributed by atoms with Crippen LogP contribution in [0.4, 0.5) is 0 Å². The summed E-state index contributed by atoms with van der Waals surface area (Å²) in [6, 6.07) is 18.2. The fraction of sp³-hybridized carbons (Fsp3) is 0.286. The second-order valence-electron chi connectivity index (χ2n) is 6.17. The maximum Gasteiger partial charge on any atom is 0.195 e. The molecule has 1 unspecified atom stereocenters. The molecule has 1 aromatic heterocycles. The van der Waals surface area contributed by atoms with E-state index in [0.29, 0.717) is 6.04 Å². The maximum absolute atomic E-state index is 13.1. The SMILES string of the molecule is CSCCC(C)n1c(C)c(C(=O)c2ccccc2)c2ccccc21. The molecule has 2 aromatic carbocycles. The molecule has 24 heavy (non-hydrogen) atoms. The van der Waals surface area contributed by atoms with Crippen LogP contribution in [0, 0.1) is 6.92 Å². The molecule has 3 rings (SSSR count). The first-order valence-corrected chi connectivity index (χ1v) is 9.72. The third-order valence-electron chi connectivity index (χ3n) is 4.60. The monoisotopic (exact) mass is 337 g/mol. The Morgan fingerprint density at radius 2 is 1.75 bits per heavy atom. The molecule has 0 saturated carbocycles. The molecule has 0 bridgehead atoms. The summed E-state index contributed by atoms with van der Waals surface area (Å²) in [5, 5.41) is 1.06. The van der Waals surface area contributed by atoms with Crippen LogP contribution in [0.15, 0.2) is 54.6 Å². The van der Waals surface area contributed by atoms with Crippen molar-refractivity contribution in [3.05, 3.63) is 71.4 Å². The summed E-state index contributed by atoms with van der Waals surface area (Å²) in [5.74, 6) is 1.23. The summed E-state index contributed by atoms with van der Waals surface area (Å²) in [6.07, 6.45) is 3.23. The Bertz CT molecular complexity index is 851. The number of ketones is 1. The molecule has 0 aliphatic rings. The van der Waals surface area contributed by atoms with Gasteiger partial charge in [-0.25, -0.2) is 0 Å². The third kappa shape index (κ3) is 3.01. The number of hydrogen-bond donors (Lipinski definition) is 0. The van der Waals surface area contributed by atoms with Gasteiger partial charge in [0, 0.05) is 28.2 Å². The minimum atomic E-state index is 0.111. The van der Waals surface area contributed by atoms with E-state index in [1.807, 2.05) is 48.2 Å². The minimum Gasteiger partial charge on any atom is -0.341 e. The molecular weight excluding hydrogens is 314 g/mol. The number of carbonyl (C=O) groups is 1. The molecule has 0 fully saturated rings. The van der Waals surface area contributed by atoms with Crippen molar-refractivity contribution in [2.45, 2.75) is 26.3 Å². The van der Waals surface area contributed by atoms with Crippen LogP contribution in [-0.2, 0) is 0 Å². The zero-order chi connectivity index (χ0) is 17.1. The lowest BCUT2D eigenvalue weighted by Gasteiger charge is -2.17. The number of rotatable bonds is 6. The molecule has 0 amide bonds. The van der Waals surface area contributed by atoms with E-state index in [9.17, 15) is 4.79 Å². The van der Waals surface area contributed by atoms with Gasteiger partial charge < -0.3 is 4.57 Å². The van der Waals surface area contributed by atoms with Crippen molar-refractivity contribution in [2.24, 2.45) is 0 Å². The van der Waals surface area contributed by atoms with Crippen LogP contribution in [-0.4, -0.2) is 22.4 Å². The van der Waals surface area contributed by atoms with Gasteiger partial charge in [0.2, 0.25) is 0 Å². The highest BCUT2D eigenvalue weighted by atomic mass is 32.2. The third-order valence-corrected chi connectivity index (χ3v) is 5.24. The summed E-state index contributed by atoms with van der Waals surface area (Å²) in [4.78, 5) is 13.1. The Labute approximate surface area is 147 Å². The summed E-state index contributed by atoms with van der Waals surface area (Å²) >= 11 is 1.87. The van der Waals surface area contributed by atoms with Gasteiger partial charge in [-0.2, -0.15) is 11.8 Å². The average molecular weight is 337 g/mol. The molecule has 0 aliphatic carbocycles. The number of benzene rings is 2. The number of hydrogen-bond acceptors (Lipinski definition) is 2. The van der Waals surface area contributed by atoms with Gasteiger partial charge >= 0.3 is 0 Å². The number of fused-ring (bicyclic) bond motifs is 1. The van der Waals surface area contributed by atoms with Crippen LogP contribution in [0.2, 0.25) is 0 Å². The van der Waals surface area contributed by atoms with E-state index >= 15 is 0 Å². The number of nitrogens with zero attached hydrogens (tertiary/aromatic N) is 1. The Hall–Kier alpha value is -2.00. The first-order valence-electron chi connectivity index (χ1n) is 8.33. The number of carbonyl (C=O) groups excluding carboxylic acids is 1. The van der Waals surface area contributed by atoms with Gasteiger partial charge in [0.05, 0.1) is 5.56 Å². The van der Waals surface area contributed by atoms with Gasteiger partial charge in [-0.3, -0.25) is 4.79 Å². The highest BCUT2D eigenvalue weighted by Gasteiger charge is 2.22. The average Bonchev–Trinajstić information content (AvgIpc) is 2.91. The highest BCUT2D eigenvalue weighted by molar-refractivity contribution is 7.98. The van der Waals surface area contributed by atoms with Crippen molar-refractivity contribution in [1.29, 1.82) is 0 Å². The van der Waals surface area contributed by atoms with Crippen LogP contribution in [0.3, 0.4) is 0 Å². The lowest BCUT2D eigenvalue weighted by atomic mass is 10.0. The number of para-hydroxylation sites is 1. The molecule has 2 nitrogen and oxygen atoms in total. The smallest absolute Gasteiger partial charge is 0.195 e. The van der Waals surface area contributed by atoms with E-state index < -0.39 is 0 Å². The summed E-state index contributed by atoms with van der Waals surface area (Å²) in [6.45, 7) is 4.32. The van der Waals surface area contributed by atoms with Crippen LogP contribution in [0.5, 0.6) is 0 Å². The molecule has 3 aromatic rings. The topological polar surface area (TPSA) is 22.0 Å². The predicted molar refractivity (Wildman–Crippen MR) is 104 cm³/mol. The van der Waals surface area contributed by atoms with E-state index in [1.165, 1.54) is 0 Å². The summed E-state index contributed by atoms with van der Waals surface area (Å²) in [5.41, 5.74) is 3.81. The van der Waals surface area contributed by atoms with Gasteiger partial charge in [-0.15, -0.1) is 0 Å². The second-order valence-corrected chi connectivity index (χ2v) is 7.16. The fourth-order valence-corrected chi connectivity index (χ4v) is 3.97. The van der Waals surface area contributed by atoms with Crippen molar-refractivity contribution < 1.29 is 4.79 Å². The molecule has 1 heterocycles. The van der Waals surface area contributed by atoms with Crippen LogP contribution in [0.25, 0.3) is 10.9 Å². The number of thioether (sulfide) groups is 1. The van der Waals surface area contributed by atoms with Crippen molar-refractivity contribution in [2.75, 3.05) is 12.0 Å². The van der Waals surface area contributed by atoms with E-state index in [2.05, 4.69) is 42.9 Å². The quantitative estimate of drug-likeness (QED) is 0.554. The van der Waals surface area contributed by atoms with Gasteiger partial charge in [0.1, 0.15) is 0 Å². The molecule has 0 radical (unpaired) electrons. The Morgan fingerprint density at radius 3 is 2.46 bits per heavy atom. The van der Waals surface area contributed by atoms with Crippen molar-refractivity contribution in [3.63, 3.8) is 0 Å². The predicted octanol–water partition coefficient (Wildman–Crippen LogP) is 5.49. The zero-order valence-corrected chi connectivity index (χ0v) is 15.3. The minimum absolute atomic E-state index is 0.111. The molecule has 1 atom stereocenters. The van der Waals surface area contributed by atoms with Gasteiger partial charge in [0.25, 0.3) is 0 Å². The molecule has 0 spiro atoms. The van der Waals surface area contributed by atoms with Gasteiger partial charge in [-0.1, -0.05) is 48.5 Å². The maximum atomic E-state index is 13.1. The van der Waals surface area contributed by atoms with E-state index in [-0.39, 0.29) is 5.78 Å². The highest BCUT2D eigenvalue weighted by Crippen LogP contribution is 2.32. The summed E-state index contributed by atoms with van der Waals surface area (Å²) < 4.78 is 2.34. The molecule has 0 aliphatic heterocycles. The molecule has 0 N–H and O–H groups in total. The lowest BCUT2D eigenvalue weighted by Crippen LogP contribution is -2.10. The Balaban J connectivity index is 2.15. The molecule has 0 saturated heterocycles. The summed E-state index contributed by atoms with van der Waals surface area (Å²) in [7, 11) is 0. The van der Waals surface area contributed by atoms with Crippen LogP contribution < -0.4 is 0 Å². The van der Waals surface area contributed by atoms with E-state index in [0.717, 1.165) is 39.9 Å². The zero-order valence-electron chi connectivity index (χ0n) is 14.5. The first kappa shape index (κ1) is 16.8. The number of aromatic nitrogens is 1. The van der Waals surface area contributed by atoms with E-state index in [4.69, 9.17) is 0 Å². The Kier molecular flexibility index (Phi) is 5.10. The standard InChI is InChI=1S/C21H23NOS/c1-15(13-14-24-3)22-16(2)20(18-11-7-8-12-19(18)22)21(23)17-9-5-4-6-10-17/h4-12,15H,13-14H2,1-3H3. The molecule has 3 heteroatoms. The van der Waals surface area contributed by atoms with Crippen LogP contribution in [0.1, 0.15) is 41.0 Å². The van der Waals surface area contributed by atoms with Crippen molar-refractivity contribution in [3.8, 4) is 0 Å². The second kappa shape index (κ2) is 7.27. The first-order chi connectivity index (χ1) is 11.6. The van der Waals surface area contributed by atoms with Crippen molar-refractivity contribution >= 4 is 28.4 Å².